The van der Waals surface area contributed by atoms with Gasteiger partial charge in [0.05, 0.1) is 0 Å². The molecule has 0 atom stereocenters. The van der Waals surface area contributed by atoms with Gasteiger partial charge in [0.1, 0.15) is 0 Å². The van der Waals surface area contributed by atoms with Gasteiger partial charge in [-0.25, -0.2) is 0 Å². The molecule has 0 saturated carbocycles. The SMILES string of the molecule is CCCNc1ccccc1.I. The van der Waals surface area contributed by atoms with Crippen LogP contribution >= 0.6 is 24.0 Å². The van der Waals surface area contributed by atoms with Crippen LogP contribution in [-0.2, 0) is 0 Å². The summed E-state index contributed by atoms with van der Waals surface area (Å²) < 4.78 is 0. The molecule has 0 aromatic heterocycles. The number of hydrogen-bond donors (Lipinski definition) is 1. The van der Waals surface area contributed by atoms with E-state index in [1.165, 1.54) is 12.1 Å². The highest BCUT2D eigenvalue weighted by atomic mass is 127. The Morgan fingerprint density at radius 2 is 1.82 bits per heavy atom. The highest BCUT2D eigenvalue weighted by molar-refractivity contribution is 14.0. The fourth-order valence-electron chi connectivity index (χ4n) is 0.825. The van der Waals surface area contributed by atoms with Gasteiger partial charge in [-0.15, -0.1) is 24.0 Å². The molecule has 0 saturated heterocycles. The average Bonchev–Trinajstić information content (AvgIpc) is 2.03. The summed E-state index contributed by atoms with van der Waals surface area (Å²) in [5.41, 5.74) is 1.21. The molecule has 0 amide bonds. The number of para-hydroxylation sites is 1. The first kappa shape index (κ1) is 10.8. The second-order valence-electron chi connectivity index (χ2n) is 2.29. The molecule has 62 valence electrons. The van der Waals surface area contributed by atoms with Crippen molar-refractivity contribution in [3.05, 3.63) is 30.3 Å². The summed E-state index contributed by atoms with van der Waals surface area (Å²) in [6, 6.07) is 10.3. The van der Waals surface area contributed by atoms with Gasteiger partial charge in [-0.3, -0.25) is 0 Å². The van der Waals surface area contributed by atoms with Crippen molar-refractivity contribution in [2.24, 2.45) is 0 Å². The van der Waals surface area contributed by atoms with Crippen LogP contribution in [0.3, 0.4) is 0 Å². The second-order valence-corrected chi connectivity index (χ2v) is 2.29. The lowest BCUT2D eigenvalue weighted by molar-refractivity contribution is 0.980. The van der Waals surface area contributed by atoms with E-state index in [2.05, 4.69) is 24.4 Å². The second kappa shape index (κ2) is 6.46. The van der Waals surface area contributed by atoms with Crippen LogP contribution in [0.4, 0.5) is 5.69 Å². The van der Waals surface area contributed by atoms with E-state index in [9.17, 15) is 0 Å². The largest absolute Gasteiger partial charge is 0.385 e. The summed E-state index contributed by atoms with van der Waals surface area (Å²) in [7, 11) is 0. The molecule has 0 bridgehead atoms. The smallest absolute Gasteiger partial charge is 0.0340 e. The van der Waals surface area contributed by atoms with E-state index in [0.717, 1.165) is 6.54 Å². The molecule has 0 aliphatic heterocycles. The first-order valence-corrected chi connectivity index (χ1v) is 3.72. The summed E-state index contributed by atoms with van der Waals surface area (Å²) in [6.45, 7) is 3.22. The maximum atomic E-state index is 3.29. The monoisotopic (exact) mass is 263 g/mol. The van der Waals surface area contributed by atoms with E-state index >= 15 is 0 Å². The topological polar surface area (TPSA) is 12.0 Å². The Hall–Kier alpha value is -0.250. The van der Waals surface area contributed by atoms with Crippen molar-refractivity contribution in [1.82, 2.24) is 0 Å². The van der Waals surface area contributed by atoms with Gasteiger partial charge in [0.15, 0.2) is 0 Å². The van der Waals surface area contributed by atoms with E-state index in [4.69, 9.17) is 0 Å². The van der Waals surface area contributed by atoms with Crippen LogP contribution in [0, 0.1) is 0 Å². The lowest BCUT2D eigenvalue weighted by atomic mass is 10.3. The standard InChI is InChI=1S/C9H13N.HI/c1-2-8-10-9-6-4-3-5-7-9;/h3-7,10H,2,8H2,1H3;1H. The molecule has 0 heterocycles. The Morgan fingerprint density at radius 1 is 1.18 bits per heavy atom. The van der Waals surface area contributed by atoms with Gasteiger partial charge in [-0.1, -0.05) is 25.1 Å². The van der Waals surface area contributed by atoms with Crippen LogP contribution in [0.2, 0.25) is 0 Å². The van der Waals surface area contributed by atoms with E-state index in [1.54, 1.807) is 0 Å². The molecule has 0 radical (unpaired) electrons. The van der Waals surface area contributed by atoms with Crippen LogP contribution in [0.25, 0.3) is 0 Å². The van der Waals surface area contributed by atoms with Crippen molar-refractivity contribution in [2.45, 2.75) is 13.3 Å². The van der Waals surface area contributed by atoms with Gasteiger partial charge < -0.3 is 5.32 Å². The summed E-state index contributed by atoms with van der Waals surface area (Å²) in [5.74, 6) is 0. The lowest BCUT2D eigenvalue weighted by Gasteiger charge is -2.01. The van der Waals surface area contributed by atoms with Gasteiger partial charge in [0, 0.05) is 12.2 Å². The molecule has 0 unspecified atom stereocenters. The maximum absolute atomic E-state index is 3.29. The van der Waals surface area contributed by atoms with Crippen LogP contribution in [0.1, 0.15) is 13.3 Å². The number of anilines is 1. The molecule has 1 aromatic rings. The predicted molar refractivity (Wildman–Crippen MR) is 60.6 cm³/mol. The molecule has 0 aliphatic rings. The highest BCUT2D eigenvalue weighted by Gasteiger charge is 1.84. The van der Waals surface area contributed by atoms with Crippen molar-refractivity contribution in [3.8, 4) is 0 Å². The van der Waals surface area contributed by atoms with Gasteiger partial charge in [0.2, 0.25) is 0 Å². The zero-order chi connectivity index (χ0) is 7.23. The molecule has 2 heteroatoms. The Bertz CT molecular complexity index is 174. The first-order valence-electron chi connectivity index (χ1n) is 3.72. The molecule has 1 aromatic carbocycles. The summed E-state index contributed by atoms with van der Waals surface area (Å²) in [4.78, 5) is 0. The van der Waals surface area contributed by atoms with Gasteiger partial charge >= 0.3 is 0 Å². The van der Waals surface area contributed by atoms with Crippen LogP contribution in [0.5, 0.6) is 0 Å². The van der Waals surface area contributed by atoms with Crippen molar-refractivity contribution in [2.75, 3.05) is 11.9 Å². The summed E-state index contributed by atoms with van der Waals surface area (Å²) in [5, 5.41) is 3.29. The number of hydrogen-bond acceptors (Lipinski definition) is 1. The minimum Gasteiger partial charge on any atom is -0.385 e. The van der Waals surface area contributed by atoms with Crippen molar-refractivity contribution >= 4 is 29.7 Å². The molecule has 0 spiro atoms. The van der Waals surface area contributed by atoms with Crippen molar-refractivity contribution in [1.29, 1.82) is 0 Å². The van der Waals surface area contributed by atoms with Gasteiger partial charge in [-0.05, 0) is 18.6 Å². The zero-order valence-corrected chi connectivity index (χ0v) is 9.04. The molecular formula is C9H14IN. The summed E-state index contributed by atoms with van der Waals surface area (Å²) >= 11 is 0. The highest BCUT2D eigenvalue weighted by Crippen LogP contribution is 2.03. The lowest BCUT2D eigenvalue weighted by Crippen LogP contribution is -1.98. The molecule has 0 aliphatic carbocycles. The fourth-order valence-corrected chi connectivity index (χ4v) is 0.825. The Kier molecular flexibility index (Phi) is 6.31. The third-order valence-corrected chi connectivity index (χ3v) is 1.35. The first-order chi connectivity index (χ1) is 4.93. The van der Waals surface area contributed by atoms with Gasteiger partial charge in [-0.2, -0.15) is 0 Å². The molecule has 11 heavy (non-hydrogen) atoms. The molecule has 0 fully saturated rings. The summed E-state index contributed by atoms with van der Waals surface area (Å²) in [6.07, 6.45) is 1.18. The Morgan fingerprint density at radius 3 is 2.36 bits per heavy atom. The number of halogens is 1. The van der Waals surface area contributed by atoms with E-state index in [-0.39, 0.29) is 24.0 Å². The van der Waals surface area contributed by atoms with Gasteiger partial charge in [0.25, 0.3) is 0 Å². The molecular weight excluding hydrogens is 249 g/mol. The zero-order valence-electron chi connectivity index (χ0n) is 6.71. The molecule has 1 rings (SSSR count). The van der Waals surface area contributed by atoms with Crippen LogP contribution < -0.4 is 5.32 Å². The Balaban J connectivity index is 0.000001000. The van der Waals surface area contributed by atoms with Crippen molar-refractivity contribution in [3.63, 3.8) is 0 Å². The third-order valence-electron chi connectivity index (χ3n) is 1.35. The minimum absolute atomic E-state index is 0. The van der Waals surface area contributed by atoms with Crippen molar-refractivity contribution < 1.29 is 0 Å². The third kappa shape index (κ3) is 4.24. The van der Waals surface area contributed by atoms with Crippen LogP contribution in [-0.4, -0.2) is 6.54 Å². The maximum Gasteiger partial charge on any atom is 0.0340 e. The quantitative estimate of drug-likeness (QED) is 0.826. The predicted octanol–water partition coefficient (Wildman–Crippen LogP) is 3.13. The van der Waals surface area contributed by atoms with E-state index < -0.39 is 0 Å². The van der Waals surface area contributed by atoms with Crippen LogP contribution in [0.15, 0.2) is 30.3 Å². The van der Waals surface area contributed by atoms with E-state index in [0.29, 0.717) is 0 Å². The fraction of sp³-hybridized carbons (Fsp3) is 0.333. The molecule has 1 N–H and O–H groups in total. The molecule has 1 nitrogen and oxygen atoms in total. The number of benzene rings is 1. The number of rotatable bonds is 3. The average molecular weight is 263 g/mol. The Labute approximate surface area is 85.2 Å². The minimum atomic E-state index is 0. The van der Waals surface area contributed by atoms with E-state index in [1.807, 2.05) is 18.2 Å². The normalized spacial score (nSPS) is 8.45. The number of nitrogens with one attached hydrogen (secondary N) is 1.